The molecule has 0 heterocycles. The summed E-state index contributed by atoms with van der Waals surface area (Å²) in [6.07, 6.45) is 0. The molecule has 0 radical (unpaired) electrons. The van der Waals surface area contributed by atoms with Crippen LogP contribution < -0.4 is 16.8 Å². The number of nitrogens with one attached hydrogen (secondary N) is 1. The van der Waals surface area contributed by atoms with Gasteiger partial charge < -0.3 is 16.8 Å². The number of anilines is 2. The SMILES string of the molecule is Nc1cc(N)cc(C(=O)NCc2cc(F)ccc2F)c1. The molecule has 6 heteroatoms. The molecule has 0 aliphatic carbocycles. The topological polar surface area (TPSA) is 81.1 Å². The predicted molar refractivity (Wildman–Crippen MR) is 72.8 cm³/mol. The quantitative estimate of drug-likeness (QED) is 0.751. The predicted octanol–water partition coefficient (Wildman–Crippen LogP) is 2.06. The maximum absolute atomic E-state index is 13.4. The van der Waals surface area contributed by atoms with Crippen LogP contribution in [0.25, 0.3) is 0 Å². The van der Waals surface area contributed by atoms with E-state index in [1.807, 2.05) is 0 Å². The summed E-state index contributed by atoms with van der Waals surface area (Å²) in [6, 6.07) is 7.47. The third-order valence-electron chi connectivity index (χ3n) is 2.69. The summed E-state index contributed by atoms with van der Waals surface area (Å²) in [7, 11) is 0. The van der Waals surface area contributed by atoms with Gasteiger partial charge in [-0.2, -0.15) is 0 Å². The van der Waals surface area contributed by atoms with Gasteiger partial charge in [0.25, 0.3) is 5.91 Å². The van der Waals surface area contributed by atoms with Gasteiger partial charge >= 0.3 is 0 Å². The molecule has 104 valence electrons. The third-order valence-corrected chi connectivity index (χ3v) is 2.69. The van der Waals surface area contributed by atoms with E-state index in [4.69, 9.17) is 11.5 Å². The molecule has 1 amide bonds. The van der Waals surface area contributed by atoms with Crippen molar-refractivity contribution in [1.29, 1.82) is 0 Å². The molecule has 0 saturated carbocycles. The molecule has 0 atom stereocenters. The summed E-state index contributed by atoms with van der Waals surface area (Å²) < 4.78 is 26.4. The number of amides is 1. The smallest absolute Gasteiger partial charge is 0.251 e. The van der Waals surface area contributed by atoms with Crippen LogP contribution in [0, 0.1) is 11.6 Å². The maximum Gasteiger partial charge on any atom is 0.251 e. The van der Waals surface area contributed by atoms with Crippen LogP contribution in [0.2, 0.25) is 0 Å². The first-order valence-corrected chi connectivity index (χ1v) is 5.84. The van der Waals surface area contributed by atoms with Gasteiger partial charge in [0.05, 0.1) is 0 Å². The molecule has 20 heavy (non-hydrogen) atoms. The molecule has 2 aromatic carbocycles. The monoisotopic (exact) mass is 277 g/mol. The van der Waals surface area contributed by atoms with Crippen molar-refractivity contribution in [2.24, 2.45) is 0 Å². The zero-order chi connectivity index (χ0) is 14.7. The number of benzene rings is 2. The first-order valence-electron chi connectivity index (χ1n) is 5.84. The molecule has 5 N–H and O–H groups in total. The lowest BCUT2D eigenvalue weighted by atomic mass is 10.1. The Morgan fingerprint density at radius 2 is 1.70 bits per heavy atom. The summed E-state index contributed by atoms with van der Waals surface area (Å²) in [5, 5.41) is 2.48. The van der Waals surface area contributed by atoms with E-state index in [0.717, 1.165) is 18.2 Å². The second kappa shape index (κ2) is 5.56. The number of nitrogen functional groups attached to an aromatic ring is 2. The van der Waals surface area contributed by atoms with Crippen LogP contribution in [-0.2, 0) is 6.54 Å². The molecule has 0 spiro atoms. The molecule has 0 fully saturated rings. The van der Waals surface area contributed by atoms with E-state index in [1.54, 1.807) is 0 Å². The van der Waals surface area contributed by atoms with E-state index in [2.05, 4.69) is 5.32 Å². The van der Waals surface area contributed by atoms with E-state index < -0.39 is 17.5 Å². The van der Waals surface area contributed by atoms with Crippen molar-refractivity contribution in [3.8, 4) is 0 Å². The first-order chi connectivity index (χ1) is 9.45. The molecule has 4 nitrogen and oxygen atoms in total. The van der Waals surface area contributed by atoms with Crippen LogP contribution in [0.3, 0.4) is 0 Å². The molecule has 0 aliphatic rings. The van der Waals surface area contributed by atoms with E-state index in [1.165, 1.54) is 18.2 Å². The summed E-state index contributed by atoms with van der Waals surface area (Å²) in [6.45, 7) is -0.128. The zero-order valence-electron chi connectivity index (χ0n) is 10.5. The minimum absolute atomic E-state index is 0.0650. The Hall–Kier alpha value is -2.63. The number of hydrogen-bond acceptors (Lipinski definition) is 3. The van der Waals surface area contributed by atoms with Crippen LogP contribution >= 0.6 is 0 Å². The molecule has 0 bridgehead atoms. The average Bonchev–Trinajstić information content (AvgIpc) is 2.38. The molecule has 2 rings (SSSR count). The molecule has 0 aliphatic heterocycles. The normalized spacial score (nSPS) is 10.3. The molecular formula is C14H13F2N3O. The molecule has 2 aromatic rings. The Balaban J connectivity index is 2.10. The van der Waals surface area contributed by atoms with Crippen molar-refractivity contribution in [3.05, 3.63) is 59.2 Å². The fourth-order valence-electron chi connectivity index (χ4n) is 1.76. The van der Waals surface area contributed by atoms with Gasteiger partial charge in [-0.3, -0.25) is 4.79 Å². The summed E-state index contributed by atoms with van der Waals surface area (Å²) in [5.74, 6) is -1.62. The minimum atomic E-state index is -0.584. The van der Waals surface area contributed by atoms with Crippen LogP contribution in [0.4, 0.5) is 20.2 Å². The minimum Gasteiger partial charge on any atom is -0.399 e. The molecule has 0 aromatic heterocycles. The number of carbonyl (C=O) groups excluding carboxylic acids is 1. The number of hydrogen-bond donors (Lipinski definition) is 3. The highest BCUT2D eigenvalue weighted by molar-refractivity contribution is 5.96. The number of nitrogens with two attached hydrogens (primary N) is 2. The number of carbonyl (C=O) groups is 1. The fourth-order valence-corrected chi connectivity index (χ4v) is 1.76. The Labute approximate surface area is 114 Å². The lowest BCUT2D eigenvalue weighted by molar-refractivity contribution is 0.0950. The summed E-state index contributed by atoms with van der Waals surface area (Å²) in [4.78, 5) is 11.9. The third kappa shape index (κ3) is 3.23. The van der Waals surface area contributed by atoms with Crippen molar-refractivity contribution < 1.29 is 13.6 Å². The van der Waals surface area contributed by atoms with E-state index in [9.17, 15) is 13.6 Å². The van der Waals surface area contributed by atoms with Crippen molar-refractivity contribution in [1.82, 2.24) is 5.32 Å². The average molecular weight is 277 g/mol. The fraction of sp³-hybridized carbons (Fsp3) is 0.0714. The number of halogens is 2. The lowest BCUT2D eigenvalue weighted by Crippen LogP contribution is -2.23. The molecule has 0 unspecified atom stereocenters. The highest BCUT2D eigenvalue weighted by atomic mass is 19.1. The molecular weight excluding hydrogens is 264 g/mol. The highest BCUT2D eigenvalue weighted by Crippen LogP contribution is 2.14. The number of rotatable bonds is 3. The van der Waals surface area contributed by atoms with Gasteiger partial charge in [0.2, 0.25) is 0 Å². The summed E-state index contributed by atoms with van der Waals surface area (Å²) in [5.41, 5.74) is 12.2. The van der Waals surface area contributed by atoms with Gasteiger partial charge in [-0.05, 0) is 36.4 Å². The Morgan fingerprint density at radius 3 is 2.35 bits per heavy atom. The second-order valence-corrected chi connectivity index (χ2v) is 4.31. The standard InChI is InChI=1S/C14H13F2N3O/c15-10-1-2-13(16)9(3-10)7-19-14(20)8-4-11(17)6-12(18)5-8/h1-6H,7,17-18H2,(H,19,20). The lowest BCUT2D eigenvalue weighted by Gasteiger charge is -2.08. The van der Waals surface area contributed by atoms with Gasteiger partial charge in [-0.25, -0.2) is 8.78 Å². The zero-order valence-corrected chi connectivity index (χ0v) is 10.5. The van der Waals surface area contributed by atoms with E-state index in [0.29, 0.717) is 11.4 Å². The van der Waals surface area contributed by atoms with Crippen molar-refractivity contribution >= 4 is 17.3 Å². The first kappa shape index (κ1) is 13.8. The van der Waals surface area contributed by atoms with Crippen LogP contribution in [-0.4, -0.2) is 5.91 Å². The van der Waals surface area contributed by atoms with Crippen LogP contribution in [0.1, 0.15) is 15.9 Å². The van der Waals surface area contributed by atoms with Gasteiger partial charge in [0, 0.05) is 29.0 Å². The van der Waals surface area contributed by atoms with Gasteiger partial charge in [-0.15, -0.1) is 0 Å². The Morgan fingerprint density at radius 1 is 1.05 bits per heavy atom. The Bertz CT molecular complexity index is 639. The van der Waals surface area contributed by atoms with Crippen molar-refractivity contribution in [3.63, 3.8) is 0 Å². The van der Waals surface area contributed by atoms with Gasteiger partial charge in [-0.1, -0.05) is 0 Å². The van der Waals surface area contributed by atoms with E-state index in [-0.39, 0.29) is 17.7 Å². The largest absolute Gasteiger partial charge is 0.399 e. The van der Waals surface area contributed by atoms with E-state index >= 15 is 0 Å². The maximum atomic E-state index is 13.4. The van der Waals surface area contributed by atoms with Gasteiger partial charge in [0.1, 0.15) is 11.6 Å². The van der Waals surface area contributed by atoms with Crippen molar-refractivity contribution in [2.75, 3.05) is 11.5 Å². The second-order valence-electron chi connectivity index (χ2n) is 4.31. The van der Waals surface area contributed by atoms with Crippen molar-refractivity contribution in [2.45, 2.75) is 6.54 Å². The highest BCUT2D eigenvalue weighted by Gasteiger charge is 2.09. The summed E-state index contributed by atoms with van der Waals surface area (Å²) >= 11 is 0. The van der Waals surface area contributed by atoms with Crippen LogP contribution in [0.5, 0.6) is 0 Å². The molecule has 0 saturated heterocycles. The van der Waals surface area contributed by atoms with Gasteiger partial charge in [0.15, 0.2) is 0 Å². The Kier molecular flexibility index (Phi) is 3.84. The van der Waals surface area contributed by atoms with Crippen LogP contribution in [0.15, 0.2) is 36.4 Å².